The molecule has 0 aliphatic carbocycles. The highest BCUT2D eigenvalue weighted by Gasteiger charge is 2.16. The van der Waals surface area contributed by atoms with Crippen molar-refractivity contribution in [2.24, 2.45) is 0 Å². The van der Waals surface area contributed by atoms with Gasteiger partial charge in [-0.25, -0.2) is 4.98 Å². The highest BCUT2D eigenvalue weighted by Crippen LogP contribution is 2.27. The van der Waals surface area contributed by atoms with Crippen LogP contribution in [0.4, 0.5) is 0 Å². The van der Waals surface area contributed by atoms with Crippen molar-refractivity contribution in [2.45, 2.75) is 13.5 Å². The minimum absolute atomic E-state index is 0.129. The molecule has 5 nitrogen and oxygen atoms in total. The molecule has 3 rings (SSSR count). The number of methoxy groups -OCH3 is 1. The van der Waals surface area contributed by atoms with Gasteiger partial charge in [0.25, 0.3) is 5.91 Å². The normalized spacial score (nSPS) is 10.4. The van der Waals surface area contributed by atoms with Crippen molar-refractivity contribution in [3.8, 4) is 16.3 Å². The summed E-state index contributed by atoms with van der Waals surface area (Å²) in [5.41, 5.74) is 2.62. The zero-order valence-electron chi connectivity index (χ0n) is 13.4. The van der Waals surface area contributed by atoms with Crippen LogP contribution in [0.2, 0.25) is 0 Å². The lowest BCUT2D eigenvalue weighted by molar-refractivity contribution is 0.0954. The Balaban J connectivity index is 1.75. The van der Waals surface area contributed by atoms with Crippen LogP contribution in [0.3, 0.4) is 0 Å². The van der Waals surface area contributed by atoms with Gasteiger partial charge in [0.15, 0.2) is 0 Å². The smallest absolute Gasteiger partial charge is 0.263 e. The number of aromatic nitrogens is 2. The maximum atomic E-state index is 12.5. The maximum Gasteiger partial charge on any atom is 0.263 e. The van der Waals surface area contributed by atoms with E-state index in [0.29, 0.717) is 11.4 Å². The first-order valence-corrected chi connectivity index (χ1v) is 8.28. The van der Waals surface area contributed by atoms with Crippen LogP contribution in [0, 0.1) is 6.92 Å². The summed E-state index contributed by atoms with van der Waals surface area (Å²) in [4.78, 5) is 21.6. The van der Waals surface area contributed by atoms with Crippen LogP contribution in [0.5, 0.6) is 5.75 Å². The van der Waals surface area contributed by atoms with Gasteiger partial charge in [0.2, 0.25) is 0 Å². The first-order valence-electron chi connectivity index (χ1n) is 7.47. The number of hydrogen-bond donors (Lipinski definition) is 1. The molecule has 0 unspecified atom stereocenters. The fourth-order valence-corrected chi connectivity index (χ4v) is 3.32. The minimum Gasteiger partial charge on any atom is -0.496 e. The number of hydrogen-bond acceptors (Lipinski definition) is 5. The molecule has 2 heterocycles. The van der Waals surface area contributed by atoms with Gasteiger partial charge in [-0.1, -0.05) is 18.2 Å². The Labute approximate surface area is 144 Å². The van der Waals surface area contributed by atoms with Crippen LogP contribution >= 0.6 is 11.3 Å². The molecule has 0 saturated heterocycles. The van der Waals surface area contributed by atoms with E-state index in [2.05, 4.69) is 15.3 Å². The molecular weight excluding hydrogens is 322 g/mol. The highest BCUT2D eigenvalue weighted by atomic mass is 32.1. The molecule has 0 atom stereocenters. The summed E-state index contributed by atoms with van der Waals surface area (Å²) < 4.78 is 5.30. The SMILES string of the molecule is COc1ccccc1CNC(=O)c1sc(-c2ccncc2)nc1C. The molecule has 1 N–H and O–H groups in total. The van der Waals surface area contributed by atoms with Gasteiger partial charge in [-0.3, -0.25) is 9.78 Å². The quantitative estimate of drug-likeness (QED) is 0.773. The third-order valence-electron chi connectivity index (χ3n) is 3.56. The van der Waals surface area contributed by atoms with E-state index in [4.69, 9.17) is 4.74 Å². The van der Waals surface area contributed by atoms with E-state index in [1.807, 2.05) is 43.3 Å². The number of pyridine rings is 1. The third-order valence-corrected chi connectivity index (χ3v) is 4.77. The number of aryl methyl sites for hydroxylation is 1. The van der Waals surface area contributed by atoms with Crippen molar-refractivity contribution >= 4 is 17.2 Å². The van der Waals surface area contributed by atoms with Crippen LogP contribution in [0.25, 0.3) is 10.6 Å². The Kier molecular flexibility index (Phi) is 4.86. The molecule has 0 aliphatic heterocycles. The predicted molar refractivity (Wildman–Crippen MR) is 94.2 cm³/mol. The summed E-state index contributed by atoms with van der Waals surface area (Å²) in [6.07, 6.45) is 3.43. The fraction of sp³-hybridized carbons (Fsp3) is 0.167. The Morgan fingerprint density at radius 1 is 1.21 bits per heavy atom. The number of carbonyl (C=O) groups excluding carboxylic acids is 1. The average Bonchev–Trinajstić information content (AvgIpc) is 3.02. The first kappa shape index (κ1) is 16.1. The number of nitrogens with one attached hydrogen (secondary N) is 1. The van der Waals surface area contributed by atoms with Gasteiger partial charge in [0.1, 0.15) is 15.6 Å². The number of amides is 1. The summed E-state index contributed by atoms with van der Waals surface area (Å²) in [7, 11) is 1.62. The molecule has 122 valence electrons. The van der Waals surface area contributed by atoms with E-state index < -0.39 is 0 Å². The molecule has 1 aromatic carbocycles. The molecule has 0 bridgehead atoms. The average molecular weight is 339 g/mol. The Morgan fingerprint density at radius 2 is 1.96 bits per heavy atom. The number of thiazole rings is 1. The molecule has 0 radical (unpaired) electrons. The summed E-state index contributed by atoms with van der Waals surface area (Å²) in [6.45, 7) is 2.25. The topological polar surface area (TPSA) is 64.1 Å². The van der Waals surface area contributed by atoms with E-state index in [9.17, 15) is 4.79 Å². The summed E-state index contributed by atoms with van der Waals surface area (Å²) in [6, 6.07) is 11.4. The summed E-state index contributed by atoms with van der Waals surface area (Å²) >= 11 is 1.38. The van der Waals surface area contributed by atoms with Crippen LogP contribution < -0.4 is 10.1 Å². The third kappa shape index (κ3) is 3.44. The predicted octanol–water partition coefficient (Wildman–Crippen LogP) is 3.45. The minimum atomic E-state index is -0.129. The number of carbonyl (C=O) groups is 1. The van der Waals surface area contributed by atoms with E-state index in [0.717, 1.165) is 27.6 Å². The molecular formula is C18H17N3O2S. The Hall–Kier alpha value is -2.73. The Bertz CT molecular complexity index is 846. The molecule has 0 fully saturated rings. The van der Waals surface area contributed by atoms with Crippen LogP contribution in [-0.2, 0) is 6.54 Å². The molecule has 2 aromatic heterocycles. The lowest BCUT2D eigenvalue weighted by atomic mass is 10.2. The van der Waals surface area contributed by atoms with E-state index in [1.54, 1.807) is 19.5 Å². The van der Waals surface area contributed by atoms with E-state index >= 15 is 0 Å². The number of ether oxygens (including phenoxy) is 1. The molecule has 6 heteroatoms. The fourth-order valence-electron chi connectivity index (χ4n) is 2.33. The van der Waals surface area contributed by atoms with Crippen molar-refractivity contribution in [1.82, 2.24) is 15.3 Å². The molecule has 24 heavy (non-hydrogen) atoms. The van der Waals surface area contributed by atoms with Crippen LogP contribution in [-0.4, -0.2) is 23.0 Å². The molecule has 0 saturated carbocycles. The second-order valence-electron chi connectivity index (χ2n) is 5.16. The molecule has 1 amide bonds. The molecule has 0 spiro atoms. The number of nitrogens with zero attached hydrogens (tertiary/aromatic N) is 2. The van der Waals surface area contributed by atoms with Crippen LogP contribution in [0.15, 0.2) is 48.8 Å². The van der Waals surface area contributed by atoms with Gasteiger partial charge in [-0.05, 0) is 25.1 Å². The van der Waals surface area contributed by atoms with Gasteiger partial charge in [0, 0.05) is 30.1 Å². The van der Waals surface area contributed by atoms with Crippen molar-refractivity contribution in [3.63, 3.8) is 0 Å². The number of benzene rings is 1. The lowest BCUT2D eigenvalue weighted by Crippen LogP contribution is -2.22. The molecule has 3 aromatic rings. The number of rotatable bonds is 5. The number of para-hydroxylation sites is 1. The van der Waals surface area contributed by atoms with Crippen molar-refractivity contribution in [1.29, 1.82) is 0 Å². The van der Waals surface area contributed by atoms with Gasteiger partial charge >= 0.3 is 0 Å². The molecule has 0 aliphatic rings. The van der Waals surface area contributed by atoms with Gasteiger partial charge in [-0.2, -0.15) is 0 Å². The van der Waals surface area contributed by atoms with Crippen LogP contribution in [0.1, 0.15) is 20.9 Å². The second kappa shape index (κ2) is 7.23. The second-order valence-corrected chi connectivity index (χ2v) is 6.16. The summed E-state index contributed by atoms with van der Waals surface area (Å²) in [5.74, 6) is 0.632. The monoisotopic (exact) mass is 339 g/mol. The van der Waals surface area contributed by atoms with E-state index in [-0.39, 0.29) is 5.91 Å². The van der Waals surface area contributed by atoms with Crippen molar-refractivity contribution in [2.75, 3.05) is 7.11 Å². The standard InChI is InChI=1S/C18H17N3O2S/c1-12-16(24-18(21-12)13-7-9-19-10-8-13)17(22)20-11-14-5-3-4-6-15(14)23-2/h3-10H,11H2,1-2H3,(H,20,22). The maximum absolute atomic E-state index is 12.5. The largest absolute Gasteiger partial charge is 0.496 e. The highest BCUT2D eigenvalue weighted by molar-refractivity contribution is 7.17. The zero-order chi connectivity index (χ0) is 16.9. The lowest BCUT2D eigenvalue weighted by Gasteiger charge is -2.09. The van der Waals surface area contributed by atoms with Gasteiger partial charge in [-0.15, -0.1) is 11.3 Å². The van der Waals surface area contributed by atoms with Crippen molar-refractivity contribution in [3.05, 3.63) is 64.9 Å². The first-order chi connectivity index (χ1) is 11.7. The van der Waals surface area contributed by atoms with E-state index in [1.165, 1.54) is 11.3 Å². The zero-order valence-corrected chi connectivity index (χ0v) is 14.3. The van der Waals surface area contributed by atoms with Crippen molar-refractivity contribution < 1.29 is 9.53 Å². The van der Waals surface area contributed by atoms with Gasteiger partial charge < -0.3 is 10.1 Å². The van der Waals surface area contributed by atoms with Gasteiger partial charge in [0.05, 0.1) is 12.8 Å². The Morgan fingerprint density at radius 3 is 2.71 bits per heavy atom. The summed E-state index contributed by atoms with van der Waals surface area (Å²) in [5, 5.41) is 3.75.